The fourth-order valence-electron chi connectivity index (χ4n) is 2.83. The van der Waals surface area contributed by atoms with E-state index in [1.807, 2.05) is 6.92 Å². The predicted molar refractivity (Wildman–Crippen MR) is 103 cm³/mol. The Morgan fingerprint density at radius 2 is 1.81 bits per heavy atom. The molecule has 1 amide bonds. The smallest absolute Gasteiger partial charge is 0.273 e. The monoisotopic (exact) mass is 356 g/mol. The lowest BCUT2D eigenvalue weighted by Crippen LogP contribution is -2.30. The average Bonchev–Trinajstić information content (AvgIpc) is 2.64. The highest BCUT2D eigenvalue weighted by Gasteiger charge is 2.28. The molecule has 1 aliphatic heterocycles. The van der Waals surface area contributed by atoms with E-state index in [9.17, 15) is 4.79 Å². The van der Waals surface area contributed by atoms with Crippen LogP contribution in [0.15, 0.2) is 36.7 Å². The number of rotatable bonds is 3. The molecule has 26 heavy (non-hydrogen) atoms. The molecule has 0 saturated carbocycles. The van der Waals surface area contributed by atoms with Gasteiger partial charge < -0.3 is 15.8 Å². The van der Waals surface area contributed by atoms with Crippen molar-refractivity contribution in [2.24, 2.45) is 0 Å². The number of nitrogen functional groups attached to an aromatic ring is 1. The first-order chi connectivity index (χ1) is 12.5. The van der Waals surface area contributed by atoms with Crippen LogP contribution < -0.4 is 11.1 Å². The highest BCUT2D eigenvalue weighted by Crippen LogP contribution is 2.34. The van der Waals surface area contributed by atoms with Crippen molar-refractivity contribution in [2.75, 3.05) is 25.5 Å². The Balaban J connectivity index is 0.000000190. The van der Waals surface area contributed by atoms with Gasteiger partial charge in [0.15, 0.2) is 11.5 Å². The summed E-state index contributed by atoms with van der Waals surface area (Å²) in [5, 5.41) is 2.58. The second kappa shape index (κ2) is 9.29. The zero-order valence-electron chi connectivity index (χ0n) is 15.8. The Labute approximate surface area is 155 Å². The van der Waals surface area contributed by atoms with E-state index in [-0.39, 0.29) is 17.4 Å². The number of anilines is 1. The Bertz CT molecular complexity index is 710. The Hall–Kier alpha value is -2.47. The van der Waals surface area contributed by atoms with Gasteiger partial charge in [0.2, 0.25) is 0 Å². The van der Waals surface area contributed by atoms with Crippen LogP contribution in [0.2, 0.25) is 0 Å². The third-order valence-electron chi connectivity index (χ3n) is 4.62. The first-order valence-electron chi connectivity index (χ1n) is 8.96. The van der Waals surface area contributed by atoms with Crippen molar-refractivity contribution in [3.05, 3.63) is 53.5 Å². The fourth-order valence-corrected chi connectivity index (χ4v) is 2.83. The van der Waals surface area contributed by atoms with Crippen LogP contribution in [-0.2, 0) is 10.2 Å². The minimum absolute atomic E-state index is 0.156. The quantitative estimate of drug-likeness (QED) is 0.882. The van der Waals surface area contributed by atoms with Gasteiger partial charge in [-0.3, -0.25) is 4.79 Å². The fraction of sp³-hybridized carbons (Fsp3) is 0.450. The van der Waals surface area contributed by atoms with E-state index >= 15 is 0 Å². The number of ether oxygens (including phenoxy) is 1. The molecule has 1 fully saturated rings. The van der Waals surface area contributed by atoms with E-state index < -0.39 is 0 Å². The molecule has 0 atom stereocenters. The molecule has 140 valence electrons. The molecule has 0 aliphatic carbocycles. The molecule has 0 radical (unpaired) electrons. The number of benzene rings is 1. The summed E-state index contributed by atoms with van der Waals surface area (Å²) >= 11 is 0. The van der Waals surface area contributed by atoms with E-state index in [4.69, 9.17) is 10.5 Å². The van der Waals surface area contributed by atoms with E-state index in [1.54, 1.807) is 0 Å². The van der Waals surface area contributed by atoms with Gasteiger partial charge in [-0.15, -0.1) is 0 Å². The summed E-state index contributed by atoms with van der Waals surface area (Å²) in [7, 11) is 0. The van der Waals surface area contributed by atoms with E-state index in [1.165, 1.54) is 23.5 Å². The molecule has 0 unspecified atom stereocenters. The number of carbonyl (C=O) groups excluding carboxylic acids is 1. The number of nitrogens with zero attached hydrogens (tertiary/aromatic N) is 2. The van der Waals surface area contributed by atoms with Crippen LogP contribution >= 0.6 is 0 Å². The molecule has 6 heteroatoms. The van der Waals surface area contributed by atoms with Crippen molar-refractivity contribution < 1.29 is 9.53 Å². The molecule has 1 saturated heterocycles. The minimum Gasteiger partial charge on any atom is -0.382 e. The molecule has 6 nitrogen and oxygen atoms in total. The van der Waals surface area contributed by atoms with Crippen molar-refractivity contribution in [3.8, 4) is 0 Å². The molecule has 3 rings (SSSR count). The number of hydrogen-bond donors (Lipinski definition) is 2. The van der Waals surface area contributed by atoms with Crippen LogP contribution in [0.4, 0.5) is 5.82 Å². The van der Waals surface area contributed by atoms with Gasteiger partial charge in [-0.1, -0.05) is 36.8 Å². The average molecular weight is 356 g/mol. The summed E-state index contributed by atoms with van der Waals surface area (Å²) in [4.78, 5) is 18.7. The number of aryl methyl sites for hydroxylation is 1. The molecule has 1 aromatic heterocycles. The molecule has 2 aromatic rings. The van der Waals surface area contributed by atoms with Gasteiger partial charge in [0.25, 0.3) is 5.91 Å². The minimum atomic E-state index is -0.289. The molecule has 2 heterocycles. The lowest BCUT2D eigenvalue weighted by molar-refractivity contribution is 0.0564. The number of nitrogens with two attached hydrogens (primary N) is 1. The van der Waals surface area contributed by atoms with Crippen LogP contribution in [0, 0.1) is 6.92 Å². The number of carbonyl (C=O) groups is 1. The van der Waals surface area contributed by atoms with Crippen molar-refractivity contribution in [2.45, 2.75) is 39.0 Å². The van der Waals surface area contributed by atoms with Crippen LogP contribution in [0.25, 0.3) is 0 Å². The SMILES string of the molecule is CCNC(=O)c1nccnc1N.Cc1ccc(C2(C)CCOCC2)cc1. The summed E-state index contributed by atoms with van der Waals surface area (Å²) in [6.45, 7) is 8.67. The maximum atomic E-state index is 11.2. The highest BCUT2D eigenvalue weighted by molar-refractivity contribution is 5.96. The lowest BCUT2D eigenvalue weighted by Gasteiger charge is -2.34. The van der Waals surface area contributed by atoms with Crippen molar-refractivity contribution in [3.63, 3.8) is 0 Å². The molecular weight excluding hydrogens is 328 g/mol. The van der Waals surface area contributed by atoms with Crippen molar-refractivity contribution in [1.29, 1.82) is 0 Å². The summed E-state index contributed by atoms with van der Waals surface area (Å²) in [5.41, 5.74) is 8.74. The summed E-state index contributed by atoms with van der Waals surface area (Å²) < 4.78 is 5.41. The molecule has 0 spiro atoms. The number of amides is 1. The zero-order valence-corrected chi connectivity index (χ0v) is 15.8. The van der Waals surface area contributed by atoms with Crippen LogP contribution in [0.5, 0.6) is 0 Å². The Morgan fingerprint density at radius 1 is 1.19 bits per heavy atom. The van der Waals surface area contributed by atoms with Crippen LogP contribution in [-0.4, -0.2) is 35.6 Å². The molecule has 0 bridgehead atoms. The van der Waals surface area contributed by atoms with Gasteiger partial charge >= 0.3 is 0 Å². The second-order valence-electron chi connectivity index (χ2n) is 6.69. The lowest BCUT2D eigenvalue weighted by atomic mass is 9.76. The van der Waals surface area contributed by atoms with Crippen LogP contribution in [0.1, 0.15) is 48.3 Å². The first-order valence-corrected chi connectivity index (χ1v) is 8.96. The number of nitrogens with one attached hydrogen (secondary N) is 1. The van der Waals surface area contributed by atoms with Gasteiger partial charge in [-0.05, 0) is 37.7 Å². The molecule has 3 N–H and O–H groups in total. The molecular formula is C20H28N4O2. The summed E-state index contributed by atoms with van der Waals surface area (Å²) in [5.74, 6) is -0.133. The Morgan fingerprint density at radius 3 is 2.38 bits per heavy atom. The highest BCUT2D eigenvalue weighted by atomic mass is 16.5. The van der Waals surface area contributed by atoms with Gasteiger partial charge in [0.1, 0.15) is 0 Å². The van der Waals surface area contributed by atoms with E-state index in [2.05, 4.69) is 53.4 Å². The zero-order chi connectivity index (χ0) is 19.0. The largest absolute Gasteiger partial charge is 0.382 e. The Kier molecular flexibility index (Phi) is 7.09. The molecule has 1 aliphatic rings. The molecule has 1 aromatic carbocycles. The maximum Gasteiger partial charge on any atom is 0.273 e. The van der Waals surface area contributed by atoms with Gasteiger partial charge in [-0.2, -0.15) is 0 Å². The van der Waals surface area contributed by atoms with E-state index in [0.717, 1.165) is 26.1 Å². The van der Waals surface area contributed by atoms with Crippen molar-refractivity contribution >= 4 is 11.7 Å². The number of hydrogen-bond acceptors (Lipinski definition) is 5. The summed E-state index contributed by atoms with van der Waals surface area (Å²) in [6, 6.07) is 8.94. The third kappa shape index (κ3) is 5.26. The first kappa shape index (κ1) is 19.8. The van der Waals surface area contributed by atoms with Gasteiger partial charge in [0.05, 0.1) is 0 Å². The second-order valence-corrected chi connectivity index (χ2v) is 6.69. The van der Waals surface area contributed by atoms with Crippen LogP contribution in [0.3, 0.4) is 0 Å². The van der Waals surface area contributed by atoms with Crippen molar-refractivity contribution in [1.82, 2.24) is 15.3 Å². The normalized spacial score (nSPS) is 15.5. The maximum absolute atomic E-state index is 11.2. The standard InChI is InChI=1S/C13H18O.C7H10N4O/c1-11-3-5-12(6-4-11)13(2)7-9-14-10-8-13;1-2-9-7(12)5-6(8)11-4-3-10-5/h3-6H,7-10H2,1-2H3;3-4H,2H2,1H3,(H2,8,11)(H,9,12). The topological polar surface area (TPSA) is 90.1 Å². The third-order valence-corrected chi connectivity index (χ3v) is 4.62. The summed E-state index contributed by atoms with van der Waals surface area (Å²) in [6.07, 6.45) is 5.17. The predicted octanol–water partition coefficient (Wildman–Crippen LogP) is 2.87. The number of aromatic nitrogens is 2. The van der Waals surface area contributed by atoms with Gasteiger partial charge in [0, 0.05) is 32.2 Å². The van der Waals surface area contributed by atoms with Gasteiger partial charge in [-0.25, -0.2) is 9.97 Å². The van der Waals surface area contributed by atoms with E-state index in [0.29, 0.717) is 12.0 Å².